The molecule has 3 rings (SSSR count). The minimum absolute atomic E-state index is 0.177. The van der Waals surface area contributed by atoms with Crippen LogP contribution in [0.15, 0.2) is 30.3 Å². The molecule has 0 aliphatic rings. The fourth-order valence-corrected chi connectivity index (χ4v) is 2.78. The van der Waals surface area contributed by atoms with Gasteiger partial charge in [-0.3, -0.25) is 4.79 Å². The maximum absolute atomic E-state index is 9.00. The molecule has 0 saturated carbocycles. The number of aryl methyl sites for hydroxylation is 1. The van der Waals surface area contributed by atoms with Crippen LogP contribution in [0, 0.1) is 6.92 Å². The first-order valence-electron chi connectivity index (χ1n) is 7.88. The summed E-state index contributed by atoms with van der Waals surface area (Å²) in [6.45, 7) is 3.69. The number of carboxylic acid groups (broad SMARTS) is 1. The van der Waals surface area contributed by atoms with Crippen molar-refractivity contribution in [1.82, 2.24) is 9.97 Å². The number of rotatable bonds is 3. The molecule has 6 N–H and O–H groups in total. The Morgan fingerprint density at radius 3 is 2.44 bits per heavy atom. The number of nitrogens with two attached hydrogens (primary N) is 2. The summed E-state index contributed by atoms with van der Waals surface area (Å²) in [5.74, 6) is -0.266. The molecule has 0 saturated heterocycles. The first-order chi connectivity index (χ1) is 12.7. The topological polar surface area (TPSA) is 127 Å². The number of aliphatic carboxylic acids is 1. The van der Waals surface area contributed by atoms with Crippen LogP contribution < -0.4 is 16.8 Å². The number of aromatic nitrogens is 2. The lowest BCUT2D eigenvalue weighted by molar-refractivity contribution is -0.134. The number of anilines is 3. The number of carboxylic acids is 1. The summed E-state index contributed by atoms with van der Waals surface area (Å²) in [4.78, 5) is 17.2. The number of hydrogen-bond donors (Lipinski definition) is 4. The van der Waals surface area contributed by atoms with Gasteiger partial charge in [0.1, 0.15) is 5.82 Å². The van der Waals surface area contributed by atoms with Gasteiger partial charge in [-0.15, -0.1) is 0 Å². The summed E-state index contributed by atoms with van der Waals surface area (Å²) in [6.07, 6.45) is 0. The molecule has 0 amide bonds. The van der Waals surface area contributed by atoms with Gasteiger partial charge in [0.25, 0.3) is 5.97 Å². The minimum Gasteiger partial charge on any atom is -0.481 e. The molecule has 0 atom stereocenters. The molecule has 142 valence electrons. The molecule has 7 nitrogen and oxygen atoms in total. The molecular weight excluding hydrogens is 389 g/mol. The molecule has 2 aromatic carbocycles. The van der Waals surface area contributed by atoms with E-state index in [-0.39, 0.29) is 5.95 Å². The maximum atomic E-state index is 9.00. The summed E-state index contributed by atoms with van der Waals surface area (Å²) in [5.41, 5.74) is 15.4. The highest BCUT2D eigenvalue weighted by atomic mass is 35.5. The van der Waals surface area contributed by atoms with Crippen molar-refractivity contribution in [1.29, 1.82) is 0 Å². The molecule has 0 fully saturated rings. The number of nitrogen functional groups attached to an aromatic ring is 2. The third-order valence-corrected chi connectivity index (χ3v) is 4.42. The normalized spacial score (nSPS) is 10.2. The van der Waals surface area contributed by atoms with E-state index in [9.17, 15) is 0 Å². The van der Waals surface area contributed by atoms with Crippen molar-refractivity contribution in [3.8, 4) is 0 Å². The van der Waals surface area contributed by atoms with Crippen molar-refractivity contribution in [2.75, 3.05) is 16.8 Å². The van der Waals surface area contributed by atoms with E-state index < -0.39 is 5.97 Å². The highest BCUT2D eigenvalue weighted by Crippen LogP contribution is 2.28. The number of nitrogens with one attached hydrogen (secondary N) is 1. The zero-order chi connectivity index (χ0) is 20.1. The SMILES string of the molecule is CC(=O)O.Cc1c(CNc2ccc(Cl)c(Cl)c2)ccc2nc(N)nc(N)c12. The average Bonchev–Trinajstić information content (AvgIpc) is 2.56. The smallest absolute Gasteiger partial charge is 0.300 e. The molecule has 27 heavy (non-hydrogen) atoms. The van der Waals surface area contributed by atoms with E-state index in [0.29, 0.717) is 22.4 Å². The van der Waals surface area contributed by atoms with Gasteiger partial charge in [-0.25, -0.2) is 4.98 Å². The van der Waals surface area contributed by atoms with Crippen molar-refractivity contribution < 1.29 is 9.90 Å². The van der Waals surface area contributed by atoms with Gasteiger partial charge in [0.15, 0.2) is 0 Å². The number of benzene rings is 2. The molecule has 9 heteroatoms. The molecule has 0 unspecified atom stereocenters. The third kappa shape index (κ3) is 5.35. The van der Waals surface area contributed by atoms with Gasteiger partial charge in [0.2, 0.25) is 5.95 Å². The zero-order valence-corrected chi connectivity index (χ0v) is 16.3. The standard InChI is InChI=1S/C16H15Cl2N5.C2H4O2/c1-8-9(7-21-10-3-4-11(17)12(18)6-10)2-5-13-14(8)15(19)23-16(20)22-13;1-2(3)4/h2-6,21H,7H2,1H3,(H4,19,20,22,23);1H3,(H,3,4). The highest BCUT2D eigenvalue weighted by molar-refractivity contribution is 6.42. The minimum atomic E-state index is -0.833. The van der Waals surface area contributed by atoms with Crippen LogP contribution in [0.25, 0.3) is 10.9 Å². The van der Waals surface area contributed by atoms with Gasteiger partial charge < -0.3 is 21.9 Å². The van der Waals surface area contributed by atoms with Crippen molar-refractivity contribution in [2.45, 2.75) is 20.4 Å². The van der Waals surface area contributed by atoms with Gasteiger partial charge >= 0.3 is 0 Å². The van der Waals surface area contributed by atoms with E-state index in [2.05, 4.69) is 15.3 Å². The van der Waals surface area contributed by atoms with Crippen molar-refractivity contribution in [3.05, 3.63) is 51.5 Å². The molecular formula is C18H19Cl2N5O2. The second kappa shape index (κ2) is 8.75. The predicted octanol–water partition coefficient (Wildman–Crippen LogP) is 4.11. The van der Waals surface area contributed by atoms with E-state index in [1.807, 2.05) is 25.1 Å². The summed E-state index contributed by atoms with van der Waals surface area (Å²) < 4.78 is 0. The van der Waals surface area contributed by atoms with E-state index >= 15 is 0 Å². The Morgan fingerprint density at radius 2 is 1.81 bits per heavy atom. The molecule has 0 aliphatic carbocycles. The second-order valence-electron chi connectivity index (χ2n) is 5.71. The summed E-state index contributed by atoms with van der Waals surface area (Å²) >= 11 is 11.9. The Morgan fingerprint density at radius 1 is 1.15 bits per heavy atom. The Kier molecular flexibility index (Phi) is 6.65. The van der Waals surface area contributed by atoms with E-state index in [1.54, 1.807) is 12.1 Å². The molecule has 3 aromatic rings. The lowest BCUT2D eigenvalue weighted by atomic mass is 10.0. The summed E-state index contributed by atoms with van der Waals surface area (Å²) in [7, 11) is 0. The van der Waals surface area contributed by atoms with Gasteiger partial charge in [-0.1, -0.05) is 29.3 Å². The average molecular weight is 408 g/mol. The molecule has 0 bridgehead atoms. The predicted molar refractivity (Wildman–Crippen MR) is 110 cm³/mol. The fourth-order valence-electron chi connectivity index (χ4n) is 2.48. The van der Waals surface area contributed by atoms with Gasteiger partial charge in [-0.2, -0.15) is 4.98 Å². The molecule has 1 aromatic heterocycles. The van der Waals surface area contributed by atoms with E-state index in [1.165, 1.54) is 0 Å². The number of nitrogens with zero attached hydrogens (tertiary/aromatic N) is 2. The summed E-state index contributed by atoms with van der Waals surface area (Å²) in [6, 6.07) is 9.31. The van der Waals surface area contributed by atoms with Crippen LogP contribution >= 0.6 is 23.2 Å². The monoisotopic (exact) mass is 407 g/mol. The van der Waals surface area contributed by atoms with Crippen LogP contribution in [0.3, 0.4) is 0 Å². The Balaban J connectivity index is 0.000000596. The number of halogens is 2. The van der Waals surface area contributed by atoms with Crippen molar-refractivity contribution >= 4 is 57.5 Å². The zero-order valence-electron chi connectivity index (χ0n) is 14.8. The largest absolute Gasteiger partial charge is 0.481 e. The molecule has 0 radical (unpaired) electrons. The van der Waals surface area contributed by atoms with Crippen LogP contribution in [0.4, 0.5) is 17.5 Å². The molecule has 0 aliphatic heterocycles. The summed E-state index contributed by atoms with van der Waals surface area (Å²) in [5, 5.41) is 12.6. The fraction of sp³-hybridized carbons (Fsp3) is 0.167. The van der Waals surface area contributed by atoms with Gasteiger partial charge in [-0.05, 0) is 42.3 Å². The molecule has 0 spiro atoms. The lowest BCUT2D eigenvalue weighted by Gasteiger charge is -2.13. The number of fused-ring (bicyclic) bond motifs is 1. The number of carbonyl (C=O) groups is 1. The second-order valence-corrected chi connectivity index (χ2v) is 6.53. The van der Waals surface area contributed by atoms with Crippen LogP contribution in [-0.4, -0.2) is 21.0 Å². The number of hydrogen-bond acceptors (Lipinski definition) is 6. The van der Waals surface area contributed by atoms with Crippen LogP contribution in [0.5, 0.6) is 0 Å². The van der Waals surface area contributed by atoms with Crippen LogP contribution in [0.1, 0.15) is 18.1 Å². The maximum Gasteiger partial charge on any atom is 0.300 e. The van der Waals surface area contributed by atoms with Crippen molar-refractivity contribution in [3.63, 3.8) is 0 Å². The van der Waals surface area contributed by atoms with Gasteiger partial charge in [0.05, 0.1) is 15.6 Å². The third-order valence-electron chi connectivity index (χ3n) is 3.68. The Bertz CT molecular complexity index is 991. The van der Waals surface area contributed by atoms with Gasteiger partial charge in [0, 0.05) is 24.5 Å². The highest BCUT2D eigenvalue weighted by Gasteiger charge is 2.10. The first kappa shape index (κ1) is 20.5. The Labute approximate surface area is 166 Å². The molecule has 1 heterocycles. The quantitative estimate of drug-likeness (QED) is 0.514. The van der Waals surface area contributed by atoms with Crippen LogP contribution in [0.2, 0.25) is 10.0 Å². The lowest BCUT2D eigenvalue weighted by Crippen LogP contribution is -2.05. The van der Waals surface area contributed by atoms with E-state index in [0.717, 1.165) is 34.6 Å². The van der Waals surface area contributed by atoms with Crippen LogP contribution in [-0.2, 0) is 11.3 Å². The van der Waals surface area contributed by atoms with E-state index in [4.69, 9.17) is 44.6 Å². The van der Waals surface area contributed by atoms with Crippen molar-refractivity contribution in [2.24, 2.45) is 0 Å². The first-order valence-corrected chi connectivity index (χ1v) is 8.64. The Hall–Kier alpha value is -2.77.